The Labute approximate surface area is 116 Å². The van der Waals surface area contributed by atoms with Crippen molar-refractivity contribution in [2.24, 2.45) is 0 Å². The third-order valence-corrected chi connectivity index (χ3v) is 4.27. The molecule has 0 heterocycles. The van der Waals surface area contributed by atoms with E-state index >= 15 is 0 Å². The van der Waals surface area contributed by atoms with Gasteiger partial charge in [-0.3, -0.25) is 4.79 Å². The van der Waals surface area contributed by atoms with Crippen LogP contribution in [-0.4, -0.2) is 32.3 Å². The van der Waals surface area contributed by atoms with Crippen molar-refractivity contribution in [3.8, 4) is 0 Å². The molecule has 0 radical (unpaired) electrons. The summed E-state index contributed by atoms with van der Waals surface area (Å²) >= 11 is 0. The molecule has 1 aromatic rings. The van der Waals surface area contributed by atoms with E-state index in [9.17, 15) is 17.6 Å². The fourth-order valence-corrected chi connectivity index (χ4v) is 2.96. The van der Waals surface area contributed by atoms with Gasteiger partial charge in [0, 0.05) is 23.8 Å². The summed E-state index contributed by atoms with van der Waals surface area (Å²) in [5.74, 6) is -1.30. The molecule has 7 heteroatoms. The maximum absolute atomic E-state index is 13.8. The average Bonchev–Trinajstić information content (AvgIpc) is 2.28. The molecule has 0 saturated heterocycles. The molecule has 0 N–H and O–H groups in total. The number of rotatable bonds is 4. The highest BCUT2D eigenvalue weighted by molar-refractivity contribution is 8.13. The van der Waals surface area contributed by atoms with Gasteiger partial charge < -0.3 is 4.90 Å². The highest BCUT2D eigenvalue weighted by atomic mass is 35.7. The minimum atomic E-state index is -4.01. The van der Waals surface area contributed by atoms with Crippen molar-refractivity contribution in [3.63, 3.8) is 0 Å². The van der Waals surface area contributed by atoms with E-state index in [0.29, 0.717) is 13.1 Å². The Bertz CT molecular complexity index is 597. The summed E-state index contributed by atoms with van der Waals surface area (Å²) in [6.07, 6.45) is 0. The SMILES string of the molecule is CCN(CC)C(=O)c1cc(S(=O)(=O)Cl)c(C)cc1F. The first-order chi connectivity index (χ1) is 8.72. The largest absolute Gasteiger partial charge is 0.339 e. The van der Waals surface area contributed by atoms with Crippen LogP contribution in [0.15, 0.2) is 17.0 Å². The van der Waals surface area contributed by atoms with E-state index in [1.807, 2.05) is 0 Å². The van der Waals surface area contributed by atoms with E-state index in [1.165, 1.54) is 11.8 Å². The fourth-order valence-electron chi connectivity index (χ4n) is 1.76. The molecule has 0 spiro atoms. The van der Waals surface area contributed by atoms with Gasteiger partial charge >= 0.3 is 0 Å². The topological polar surface area (TPSA) is 54.5 Å². The number of carbonyl (C=O) groups is 1. The van der Waals surface area contributed by atoms with Crippen LogP contribution in [0.5, 0.6) is 0 Å². The monoisotopic (exact) mass is 307 g/mol. The summed E-state index contributed by atoms with van der Waals surface area (Å²) in [6.45, 7) is 5.75. The van der Waals surface area contributed by atoms with Gasteiger partial charge in [0.1, 0.15) is 5.82 Å². The first-order valence-electron chi connectivity index (χ1n) is 5.76. The highest BCUT2D eigenvalue weighted by Crippen LogP contribution is 2.24. The smallest absolute Gasteiger partial charge is 0.261 e. The number of benzene rings is 1. The van der Waals surface area contributed by atoms with E-state index in [4.69, 9.17) is 10.7 Å². The average molecular weight is 308 g/mol. The maximum Gasteiger partial charge on any atom is 0.261 e. The normalized spacial score (nSPS) is 11.4. The van der Waals surface area contributed by atoms with E-state index in [2.05, 4.69) is 0 Å². The number of aryl methyl sites for hydroxylation is 1. The van der Waals surface area contributed by atoms with E-state index in [-0.39, 0.29) is 16.0 Å². The van der Waals surface area contributed by atoms with Gasteiger partial charge in [-0.1, -0.05) is 0 Å². The van der Waals surface area contributed by atoms with Crippen LogP contribution in [0, 0.1) is 12.7 Å². The van der Waals surface area contributed by atoms with Gasteiger partial charge in [-0.2, -0.15) is 0 Å². The van der Waals surface area contributed by atoms with Gasteiger partial charge in [0.15, 0.2) is 0 Å². The van der Waals surface area contributed by atoms with E-state index in [0.717, 1.165) is 12.1 Å². The number of nitrogens with zero attached hydrogens (tertiary/aromatic N) is 1. The molecule has 0 aliphatic rings. The van der Waals surface area contributed by atoms with Crippen LogP contribution < -0.4 is 0 Å². The predicted octanol–water partition coefficient (Wildman–Crippen LogP) is 2.54. The molecule has 0 aliphatic carbocycles. The second-order valence-electron chi connectivity index (χ2n) is 4.01. The zero-order valence-corrected chi connectivity index (χ0v) is 12.5. The number of hydrogen-bond donors (Lipinski definition) is 0. The second-order valence-corrected chi connectivity index (χ2v) is 6.55. The molecule has 0 aliphatic heterocycles. The third kappa shape index (κ3) is 3.45. The van der Waals surface area contributed by atoms with Gasteiger partial charge in [0.05, 0.1) is 10.5 Å². The Morgan fingerprint density at radius 1 is 1.32 bits per heavy atom. The van der Waals surface area contributed by atoms with Crippen LogP contribution >= 0.6 is 10.7 Å². The van der Waals surface area contributed by atoms with Gasteiger partial charge in [0.2, 0.25) is 0 Å². The van der Waals surface area contributed by atoms with Crippen LogP contribution in [0.2, 0.25) is 0 Å². The van der Waals surface area contributed by atoms with E-state index in [1.54, 1.807) is 13.8 Å². The lowest BCUT2D eigenvalue weighted by Gasteiger charge is -2.19. The van der Waals surface area contributed by atoms with Crippen molar-refractivity contribution < 1.29 is 17.6 Å². The number of hydrogen-bond acceptors (Lipinski definition) is 3. The lowest BCUT2D eigenvalue weighted by molar-refractivity contribution is 0.0768. The molecule has 0 unspecified atom stereocenters. The number of carbonyl (C=O) groups excluding carboxylic acids is 1. The lowest BCUT2D eigenvalue weighted by atomic mass is 10.1. The lowest BCUT2D eigenvalue weighted by Crippen LogP contribution is -2.31. The Morgan fingerprint density at radius 3 is 2.26 bits per heavy atom. The van der Waals surface area contributed by atoms with Crippen molar-refractivity contribution in [2.75, 3.05) is 13.1 Å². The first-order valence-corrected chi connectivity index (χ1v) is 8.07. The molecule has 0 fully saturated rings. The summed E-state index contributed by atoms with van der Waals surface area (Å²) < 4.78 is 36.6. The summed E-state index contributed by atoms with van der Waals surface area (Å²) in [6, 6.07) is 2.00. The summed E-state index contributed by atoms with van der Waals surface area (Å²) in [5, 5.41) is 0. The van der Waals surface area contributed by atoms with E-state index < -0.39 is 20.8 Å². The molecule has 0 saturated carbocycles. The van der Waals surface area contributed by atoms with Gasteiger partial charge in [-0.25, -0.2) is 12.8 Å². The highest BCUT2D eigenvalue weighted by Gasteiger charge is 2.22. The Balaban J connectivity index is 3.41. The zero-order chi connectivity index (χ0) is 14.8. The van der Waals surface area contributed by atoms with Gasteiger partial charge in [-0.15, -0.1) is 0 Å². The zero-order valence-electron chi connectivity index (χ0n) is 10.9. The molecule has 0 aromatic heterocycles. The molecular formula is C12H15ClFNO3S. The molecule has 0 atom stereocenters. The van der Waals surface area contributed by atoms with Crippen LogP contribution in [-0.2, 0) is 9.05 Å². The number of amides is 1. The molecule has 4 nitrogen and oxygen atoms in total. The van der Waals surface area contributed by atoms with Crippen molar-refractivity contribution >= 4 is 25.6 Å². The van der Waals surface area contributed by atoms with Crippen LogP contribution in [0.4, 0.5) is 4.39 Å². The van der Waals surface area contributed by atoms with Crippen LogP contribution in [0.3, 0.4) is 0 Å². The molecule has 106 valence electrons. The van der Waals surface area contributed by atoms with Crippen molar-refractivity contribution in [2.45, 2.75) is 25.7 Å². The summed E-state index contributed by atoms with van der Waals surface area (Å²) in [7, 11) is 1.25. The molecule has 0 bridgehead atoms. The Morgan fingerprint density at radius 2 is 1.84 bits per heavy atom. The minimum Gasteiger partial charge on any atom is -0.339 e. The standard InChI is InChI=1S/C12H15ClFNO3S/c1-4-15(5-2)12(16)9-7-11(19(13,17)18)8(3)6-10(9)14/h6-7H,4-5H2,1-3H3. The van der Waals surface area contributed by atoms with Gasteiger partial charge in [-0.05, 0) is 38.5 Å². The molecule has 1 rings (SSSR count). The minimum absolute atomic E-state index is 0.170. The maximum atomic E-state index is 13.8. The second kappa shape index (κ2) is 5.88. The summed E-state index contributed by atoms with van der Waals surface area (Å²) in [4.78, 5) is 13.2. The van der Waals surface area contributed by atoms with Crippen molar-refractivity contribution in [1.82, 2.24) is 4.90 Å². The molecule has 19 heavy (non-hydrogen) atoms. The third-order valence-electron chi connectivity index (χ3n) is 2.81. The fraction of sp³-hybridized carbons (Fsp3) is 0.417. The Kier molecular flexibility index (Phi) is 4.92. The predicted molar refractivity (Wildman–Crippen MR) is 71.4 cm³/mol. The first kappa shape index (κ1) is 15.9. The van der Waals surface area contributed by atoms with Crippen LogP contribution in [0.1, 0.15) is 29.8 Å². The molecule has 1 amide bonds. The molecule has 1 aromatic carbocycles. The number of halogens is 2. The Hall–Kier alpha value is -1.14. The van der Waals surface area contributed by atoms with Gasteiger partial charge in [0.25, 0.3) is 15.0 Å². The van der Waals surface area contributed by atoms with Crippen molar-refractivity contribution in [1.29, 1.82) is 0 Å². The quantitative estimate of drug-likeness (QED) is 0.803. The molecular weight excluding hydrogens is 293 g/mol. The summed E-state index contributed by atoms with van der Waals surface area (Å²) in [5.41, 5.74) is -0.114. The van der Waals surface area contributed by atoms with Crippen molar-refractivity contribution in [3.05, 3.63) is 29.1 Å². The van der Waals surface area contributed by atoms with Crippen LogP contribution in [0.25, 0.3) is 0 Å².